The number of aromatic amines is 1. The van der Waals surface area contributed by atoms with Gasteiger partial charge >= 0.3 is 0 Å². The van der Waals surface area contributed by atoms with Gasteiger partial charge in [-0.25, -0.2) is 13.8 Å². The predicted molar refractivity (Wildman–Crippen MR) is 136 cm³/mol. The first-order valence-corrected chi connectivity index (χ1v) is 12.1. The van der Waals surface area contributed by atoms with Crippen molar-refractivity contribution in [3.8, 4) is 16.8 Å². The highest BCUT2D eigenvalue weighted by atomic mass is 32.2. The first-order chi connectivity index (χ1) is 17.5. The van der Waals surface area contributed by atoms with Gasteiger partial charge in [0.25, 0.3) is 5.56 Å². The standard InChI is InChI=1S/C27H20F2N4O2S/c28-19-8-6-17(7-9-19)14-30-23(34)16-36-27-32-24-22(18-4-2-1-3-5-18)15-31-25(24)26(35)33(27)21-12-10-20(29)11-13-21/h1-13,15,31H,14,16H2,(H,30,34). The number of H-pyrrole nitrogens is 1. The molecule has 5 aromatic rings. The number of nitrogens with zero attached hydrogens (tertiary/aromatic N) is 2. The fraction of sp³-hybridized carbons (Fsp3) is 0.0741. The molecule has 0 atom stereocenters. The van der Waals surface area contributed by atoms with Gasteiger partial charge in [0.05, 0.1) is 11.4 Å². The van der Waals surface area contributed by atoms with Crippen LogP contribution in [0, 0.1) is 11.6 Å². The van der Waals surface area contributed by atoms with Crippen molar-refractivity contribution in [1.82, 2.24) is 19.9 Å². The highest BCUT2D eigenvalue weighted by Crippen LogP contribution is 2.28. The van der Waals surface area contributed by atoms with Gasteiger partial charge in [-0.3, -0.25) is 14.2 Å². The predicted octanol–water partition coefficient (Wildman–Crippen LogP) is 5.07. The number of thioether (sulfide) groups is 1. The zero-order valence-corrected chi connectivity index (χ0v) is 19.7. The molecule has 0 saturated carbocycles. The number of fused-ring (bicyclic) bond motifs is 1. The monoisotopic (exact) mass is 502 g/mol. The van der Waals surface area contributed by atoms with E-state index in [0.29, 0.717) is 21.9 Å². The van der Waals surface area contributed by atoms with Gasteiger partial charge in [0, 0.05) is 18.3 Å². The molecule has 0 saturated heterocycles. The van der Waals surface area contributed by atoms with E-state index in [2.05, 4.69) is 10.3 Å². The van der Waals surface area contributed by atoms with Crippen molar-refractivity contribution < 1.29 is 13.6 Å². The number of nitrogens with one attached hydrogen (secondary N) is 2. The second-order valence-corrected chi connectivity index (χ2v) is 8.94. The molecule has 2 N–H and O–H groups in total. The summed E-state index contributed by atoms with van der Waals surface area (Å²) in [7, 11) is 0. The number of hydrogen-bond donors (Lipinski definition) is 2. The van der Waals surface area contributed by atoms with Gasteiger partial charge < -0.3 is 10.3 Å². The summed E-state index contributed by atoms with van der Waals surface area (Å²) in [6.07, 6.45) is 1.73. The summed E-state index contributed by atoms with van der Waals surface area (Å²) in [5.41, 5.74) is 3.28. The molecule has 2 aromatic heterocycles. The number of hydrogen-bond acceptors (Lipinski definition) is 4. The largest absolute Gasteiger partial charge is 0.355 e. The lowest BCUT2D eigenvalue weighted by Crippen LogP contribution is -2.26. The third-order valence-corrected chi connectivity index (χ3v) is 6.51. The highest BCUT2D eigenvalue weighted by Gasteiger charge is 2.19. The molecule has 180 valence electrons. The maximum Gasteiger partial charge on any atom is 0.283 e. The van der Waals surface area contributed by atoms with Crippen LogP contribution in [0.15, 0.2) is 95.0 Å². The molecule has 0 spiro atoms. The lowest BCUT2D eigenvalue weighted by molar-refractivity contribution is -0.118. The molecule has 6 nitrogen and oxygen atoms in total. The third kappa shape index (κ3) is 4.92. The van der Waals surface area contributed by atoms with E-state index in [4.69, 9.17) is 4.98 Å². The Morgan fingerprint density at radius 1 is 0.944 bits per heavy atom. The minimum atomic E-state index is -0.429. The van der Waals surface area contributed by atoms with E-state index < -0.39 is 5.82 Å². The molecule has 1 amide bonds. The molecular formula is C27H20F2N4O2S. The molecule has 0 fully saturated rings. The van der Waals surface area contributed by atoms with Gasteiger partial charge in [-0.1, -0.05) is 54.2 Å². The summed E-state index contributed by atoms with van der Waals surface area (Å²) < 4.78 is 28.0. The summed E-state index contributed by atoms with van der Waals surface area (Å²) >= 11 is 1.10. The minimum absolute atomic E-state index is 0.00850. The molecule has 0 bridgehead atoms. The lowest BCUT2D eigenvalue weighted by Gasteiger charge is -2.13. The van der Waals surface area contributed by atoms with E-state index in [1.165, 1.54) is 41.0 Å². The van der Waals surface area contributed by atoms with Gasteiger partial charge in [0.2, 0.25) is 5.91 Å². The highest BCUT2D eigenvalue weighted by molar-refractivity contribution is 7.99. The molecule has 0 aliphatic rings. The van der Waals surface area contributed by atoms with Crippen LogP contribution >= 0.6 is 11.8 Å². The summed E-state index contributed by atoms with van der Waals surface area (Å²) in [5, 5.41) is 3.09. The van der Waals surface area contributed by atoms with E-state index >= 15 is 0 Å². The van der Waals surface area contributed by atoms with Crippen molar-refractivity contribution in [2.75, 3.05) is 5.75 Å². The van der Waals surface area contributed by atoms with Crippen LogP contribution in [-0.2, 0) is 11.3 Å². The van der Waals surface area contributed by atoms with Crippen LogP contribution in [0.1, 0.15) is 5.56 Å². The van der Waals surface area contributed by atoms with Crippen molar-refractivity contribution in [3.63, 3.8) is 0 Å². The second-order valence-electron chi connectivity index (χ2n) is 8.00. The number of aromatic nitrogens is 3. The fourth-order valence-corrected chi connectivity index (χ4v) is 4.61. The summed E-state index contributed by atoms with van der Waals surface area (Å²) in [6.45, 7) is 0.243. The van der Waals surface area contributed by atoms with Gasteiger partial charge in [-0.2, -0.15) is 0 Å². The third-order valence-electron chi connectivity index (χ3n) is 5.57. The Morgan fingerprint density at radius 3 is 2.31 bits per heavy atom. The average Bonchev–Trinajstić information content (AvgIpc) is 3.33. The average molecular weight is 503 g/mol. The van der Waals surface area contributed by atoms with Crippen LogP contribution < -0.4 is 10.9 Å². The van der Waals surface area contributed by atoms with E-state index in [-0.39, 0.29) is 29.6 Å². The smallest absolute Gasteiger partial charge is 0.283 e. The summed E-state index contributed by atoms with van der Waals surface area (Å²) in [5.74, 6) is -1.06. The van der Waals surface area contributed by atoms with E-state index in [1.807, 2.05) is 30.3 Å². The molecule has 3 aromatic carbocycles. The maximum absolute atomic E-state index is 13.6. The minimum Gasteiger partial charge on any atom is -0.355 e. The molecule has 0 aliphatic carbocycles. The van der Waals surface area contributed by atoms with Crippen LogP contribution in [0.3, 0.4) is 0 Å². The van der Waals surface area contributed by atoms with Crippen LogP contribution in [-0.4, -0.2) is 26.2 Å². The normalized spacial score (nSPS) is 11.1. The molecule has 36 heavy (non-hydrogen) atoms. The number of rotatable bonds is 7. The Labute approximate surface area is 209 Å². The van der Waals surface area contributed by atoms with Crippen molar-refractivity contribution >= 4 is 28.7 Å². The quantitative estimate of drug-likeness (QED) is 0.241. The summed E-state index contributed by atoms with van der Waals surface area (Å²) in [4.78, 5) is 33.9. The molecule has 0 unspecified atom stereocenters. The van der Waals surface area contributed by atoms with Gasteiger partial charge in [-0.05, 0) is 47.5 Å². The Morgan fingerprint density at radius 2 is 1.61 bits per heavy atom. The van der Waals surface area contributed by atoms with Crippen molar-refractivity contribution in [2.45, 2.75) is 11.7 Å². The SMILES string of the molecule is O=C(CSc1nc2c(-c3ccccc3)c[nH]c2c(=O)n1-c1ccc(F)cc1)NCc1ccc(F)cc1. The topological polar surface area (TPSA) is 79.8 Å². The summed E-state index contributed by atoms with van der Waals surface area (Å²) in [6, 6.07) is 20.9. The molecule has 0 aliphatic heterocycles. The first-order valence-electron chi connectivity index (χ1n) is 11.1. The van der Waals surface area contributed by atoms with Gasteiger partial charge in [0.15, 0.2) is 5.16 Å². The number of carbonyl (C=O) groups is 1. The number of carbonyl (C=O) groups excluding carboxylic acids is 1. The van der Waals surface area contributed by atoms with Crippen molar-refractivity contribution in [2.24, 2.45) is 0 Å². The van der Waals surface area contributed by atoms with E-state index in [0.717, 1.165) is 28.5 Å². The van der Waals surface area contributed by atoms with Crippen molar-refractivity contribution in [1.29, 1.82) is 0 Å². The fourth-order valence-electron chi connectivity index (χ4n) is 3.78. The number of amides is 1. The number of halogens is 2. The zero-order valence-electron chi connectivity index (χ0n) is 18.9. The van der Waals surface area contributed by atoms with E-state index in [9.17, 15) is 18.4 Å². The second kappa shape index (κ2) is 10.2. The van der Waals surface area contributed by atoms with Crippen LogP contribution in [0.2, 0.25) is 0 Å². The van der Waals surface area contributed by atoms with Gasteiger partial charge in [-0.15, -0.1) is 0 Å². The van der Waals surface area contributed by atoms with Gasteiger partial charge in [0.1, 0.15) is 22.7 Å². The van der Waals surface area contributed by atoms with Crippen LogP contribution in [0.4, 0.5) is 8.78 Å². The zero-order chi connectivity index (χ0) is 25.1. The molecule has 9 heteroatoms. The molecule has 0 radical (unpaired) electrons. The Hall–Kier alpha value is -4.24. The molecule has 5 rings (SSSR count). The molecule has 2 heterocycles. The Balaban J connectivity index is 1.48. The lowest BCUT2D eigenvalue weighted by atomic mass is 10.1. The van der Waals surface area contributed by atoms with E-state index in [1.54, 1.807) is 18.3 Å². The maximum atomic E-state index is 13.6. The first kappa shape index (κ1) is 23.5. The Bertz CT molecular complexity index is 1580. The molecular weight excluding hydrogens is 482 g/mol. The number of benzene rings is 3. The van der Waals surface area contributed by atoms with Crippen LogP contribution in [0.25, 0.3) is 27.8 Å². The Kier molecular flexibility index (Phi) is 6.64. The van der Waals surface area contributed by atoms with Crippen molar-refractivity contribution in [3.05, 3.63) is 113 Å². The van der Waals surface area contributed by atoms with Crippen LogP contribution in [0.5, 0.6) is 0 Å².